The molecule has 0 spiro atoms. The van der Waals surface area contributed by atoms with Gasteiger partial charge >= 0.3 is 0 Å². The first kappa shape index (κ1) is 11.9. The lowest BCUT2D eigenvalue weighted by molar-refractivity contribution is 0.188. The minimum atomic E-state index is 0.738. The SMILES string of the molecule is N#CCCCCN1CCCC1C1CCCC1. The molecule has 1 aliphatic heterocycles. The number of likely N-dealkylation sites (tertiary alicyclic amines) is 1. The molecule has 0 amide bonds. The highest BCUT2D eigenvalue weighted by atomic mass is 15.2. The summed E-state index contributed by atoms with van der Waals surface area (Å²) in [5, 5.41) is 8.52. The Bertz CT molecular complexity index is 238. The van der Waals surface area contributed by atoms with Crippen molar-refractivity contribution in [2.45, 2.75) is 63.8 Å². The Morgan fingerprint density at radius 3 is 2.62 bits per heavy atom. The normalized spacial score (nSPS) is 27.3. The predicted octanol–water partition coefficient (Wildman–Crippen LogP) is 3.33. The fraction of sp³-hybridized carbons (Fsp3) is 0.929. The number of rotatable bonds is 5. The summed E-state index contributed by atoms with van der Waals surface area (Å²) in [5.74, 6) is 0.999. The van der Waals surface area contributed by atoms with Crippen LogP contribution in [0.5, 0.6) is 0 Å². The van der Waals surface area contributed by atoms with Crippen molar-refractivity contribution in [3.63, 3.8) is 0 Å². The molecule has 1 aliphatic carbocycles. The van der Waals surface area contributed by atoms with Gasteiger partial charge in [0.1, 0.15) is 0 Å². The van der Waals surface area contributed by atoms with Gasteiger partial charge in [0.15, 0.2) is 0 Å². The lowest BCUT2D eigenvalue weighted by Crippen LogP contribution is -2.35. The Balaban J connectivity index is 1.72. The number of hydrogen-bond donors (Lipinski definition) is 0. The summed E-state index contributed by atoms with van der Waals surface area (Å²) in [6.07, 6.45) is 11.7. The van der Waals surface area contributed by atoms with E-state index < -0.39 is 0 Å². The molecule has 1 heterocycles. The Kier molecular flexibility index (Phi) is 4.66. The van der Waals surface area contributed by atoms with Gasteiger partial charge in [-0.15, -0.1) is 0 Å². The Labute approximate surface area is 99.6 Å². The van der Waals surface area contributed by atoms with Crippen molar-refractivity contribution in [2.75, 3.05) is 13.1 Å². The van der Waals surface area contributed by atoms with Crippen LogP contribution in [0.4, 0.5) is 0 Å². The molecule has 2 nitrogen and oxygen atoms in total. The van der Waals surface area contributed by atoms with Crippen molar-refractivity contribution in [3.05, 3.63) is 0 Å². The van der Waals surface area contributed by atoms with Gasteiger partial charge in [0.2, 0.25) is 0 Å². The Morgan fingerprint density at radius 1 is 1.06 bits per heavy atom. The van der Waals surface area contributed by atoms with Gasteiger partial charge in [-0.25, -0.2) is 0 Å². The summed E-state index contributed by atoms with van der Waals surface area (Å²) in [6, 6.07) is 3.13. The van der Waals surface area contributed by atoms with Gasteiger partial charge < -0.3 is 4.90 Å². The van der Waals surface area contributed by atoms with E-state index in [0.717, 1.165) is 24.8 Å². The van der Waals surface area contributed by atoms with E-state index in [0.29, 0.717) is 0 Å². The van der Waals surface area contributed by atoms with Crippen LogP contribution in [0, 0.1) is 17.2 Å². The standard InChI is InChI=1S/C14H24N2/c15-10-4-1-5-11-16-12-6-9-14(16)13-7-2-3-8-13/h13-14H,1-9,11-12H2. The van der Waals surface area contributed by atoms with Gasteiger partial charge in [0.05, 0.1) is 6.07 Å². The minimum Gasteiger partial charge on any atom is -0.300 e. The third kappa shape index (κ3) is 2.98. The van der Waals surface area contributed by atoms with E-state index in [1.165, 1.54) is 58.0 Å². The monoisotopic (exact) mass is 220 g/mol. The van der Waals surface area contributed by atoms with Gasteiger partial charge in [-0.1, -0.05) is 12.8 Å². The van der Waals surface area contributed by atoms with E-state index in [2.05, 4.69) is 11.0 Å². The molecule has 0 radical (unpaired) electrons. The lowest BCUT2D eigenvalue weighted by Gasteiger charge is -2.29. The number of nitriles is 1. The summed E-state index contributed by atoms with van der Waals surface area (Å²) in [4.78, 5) is 2.72. The van der Waals surface area contributed by atoms with E-state index in [1.54, 1.807) is 0 Å². The second-order valence-electron chi connectivity index (χ2n) is 5.41. The maximum Gasteiger partial charge on any atom is 0.0621 e. The number of nitrogens with zero attached hydrogens (tertiary/aromatic N) is 2. The fourth-order valence-corrected chi connectivity index (χ4v) is 3.52. The largest absolute Gasteiger partial charge is 0.300 e. The molecular weight excluding hydrogens is 196 g/mol. The molecule has 1 saturated carbocycles. The van der Waals surface area contributed by atoms with E-state index >= 15 is 0 Å². The summed E-state index contributed by atoms with van der Waals surface area (Å²) in [6.45, 7) is 2.55. The first-order valence-corrected chi connectivity index (χ1v) is 7.03. The van der Waals surface area contributed by atoms with Crippen molar-refractivity contribution in [2.24, 2.45) is 5.92 Å². The maximum atomic E-state index is 8.52. The third-order valence-electron chi connectivity index (χ3n) is 4.34. The topological polar surface area (TPSA) is 27.0 Å². The van der Waals surface area contributed by atoms with Gasteiger partial charge in [0, 0.05) is 12.5 Å². The van der Waals surface area contributed by atoms with Crippen LogP contribution in [0.1, 0.15) is 57.8 Å². The zero-order chi connectivity index (χ0) is 11.2. The van der Waals surface area contributed by atoms with Crippen molar-refractivity contribution in [3.8, 4) is 6.07 Å². The second kappa shape index (κ2) is 6.25. The second-order valence-corrected chi connectivity index (χ2v) is 5.41. The van der Waals surface area contributed by atoms with Gasteiger partial charge in [-0.05, 0) is 57.5 Å². The van der Waals surface area contributed by atoms with Gasteiger partial charge in [0.25, 0.3) is 0 Å². The highest BCUT2D eigenvalue weighted by Gasteiger charge is 2.32. The molecule has 0 aromatic heterocycles. The zero-order valence-electron chi connectivity index (χ0n) is 10.3. The van der Waals surface area contributed by atoms with Crippen LogP contribution in [0.3, 0.4) is 0 Å². The molecule has 1 atom stereocenters. The molecule has 0 bridgehead atoms. The molecule has 2 rings (SSSR count). The van der Waals surface area contributed by atoms with Crippen molar-refractivity contribution in [1.82, 2.24) is 4.90 Å². The highest BCUT2D eigenvalue weighted by Crippen LogP contribution is 2.35. The van der Waals surface area contributed by atoms with Crippen LogP contribution < -0.4 is 0 Å². The molecule has 90 valence electrons. The van der Waals surface area contributed by atoms with Crippen LogP contribution in [0.15, 0.2) is 0 Å². The van der Waals surface area contributed by atoms with Crippen molar-refractivity contribution < 1.29 is 0 Å². The van der Waals surface area contributed by atoms with Crippen LogP contribution in [-0.4, -0.2) is 24.0 Å². The van der Waals surface area contributed by atoms with E-state index in [-0.39, 0.29) is 0 Å². The number of unbranched alkanes of at least 4 members (excludes halogenated alkanes) is 2. The molecule has 0 N–H and O–H groups in total. The summed E-state index contributed by atoms with van der Waals surface area (Å²) in [7, 11) is 0. The van der Waals surface area contributed by atoms with Crippen molar-refractivity contribution in [1.29, 1.82) is 5.26 Å². The fourth-order valence-electron chi connectivity index (χ4n) is 3.52. The molecule has 2 aliphatic rings. The Hall–Kier alpha value is -0.550. The highest BCUT2D eigenvalue weighted by molar-refractivity contribution is 4.87. The molecule has 0 aromatic rings. The van der Waals surface area contributed by atoms with Crippen LogP contribution in [0.25, 0.3) is 0 Å². The third-order valence-corrected chi connectivity index (χ3v) is 4.34. The summed E-state index contributed by atoms with van der Waals surface area (Å²) >= 11 is 0. The molecule has 2 fully saturated rings. The predicted molar refractivity (Wildman–Crippen MR) is 66.0 cm³/mol. The first-order chi connectivity index (χ1) is 7.92. The molecule has 1 saturated heterocycles. The van der Waals surface area contributed by atoms with Crippen LogP contribution >= 0.6 is 0 Å². The quantitative estimate of drug-likeness (QED) is 0.664. The van der Waals surface area contributed by atoms with E-state index in [4.69, 9.17) is 5.26 Å². The zero-order valence-corrected chi connectivity index (χ0v) is 10.3. The molecule has 0 aromatic carbocycles. The Morgan fingerprint density at radius 2 is 1.88 bits per heavy atom. The van der Waals surface area contributed by atoms with Crippen LogP contribution in [0.2, 0.25) is 0 Å². The maximum absolute atomic E-state index is 8.52. The van der Waals surface area contributed by atoms with Crippen molar-refractivity contribution >= 4 is 0 Å². The van der Waals surface area contributed by atoms with Gasteiger partial charge in [-0.2, -0.15) is 5.26 Å². The summed E-state index contributed by atoms with van der Waals surface area (Å²) in [5.41, 5.74) is 0. The van der Waals surface area contributed by atoms with E-state index in [9.17, 15) is 0 Å². The first-order valence-electron chi connectivity index (χ1n) is 7.03. The molecule has 2 heteroatoms. The smallest absolute Gasteiger partial charge is 0.0621 e. The van der Waals surface area contributed by atoms with E-state index in [1.807, 2.05) is 0 Å². The average molecular weight is 220 g/mol. The van der Waals surface area contributed by atoms with Crippen LogP contribution in [-0.2, 0) is 0 Å². The molecule has 16 heavy (non-hydrogen) atoms. The van der Waals surface area contributed by atoms with Gasteiger partial charge in [-0.3, -0.25) is 0 Å². The number of hydrogen-bond acceptors (Lipinski definition) is 2. The minimum absolute atomic E-state index is 0.738. The summed E-state index contributed by atoms with van der Waals surface area (Å²) < 4.78 is 0. The lowest BCUT2D eigenvalue weighted by atomic mass is 9.96. The molecular formula is C14H24N2. The average Bonchev–Trinajstić information content (AvgIpc) is 2.94. The molecule has 1 unspecified atom stereocenters.